The molecule has 0 aromatic carbocycles. The summed E-state index contributed by atoms with van der Waals surface area (Å²) >= 11 is 0. The molecule has 7 heteroatoms. The number of carbonyl (C=O) groups is 3. The molecule has 0 bridgehead atoms. The molecule has 1 aliphatic carbocycles. The van der Waals surface area contributed by atoms with Crippen molar-refractivity contribution >= 4 is 18.5 Å². The van der Waals surface area contributed by atoms with E-state index in [1.54, 1.807) is 4.90 Å². The Kier molecular flexibility index (Phi) is 8.72. The van der Waals surface area contributed by atoms with Crippen LogP contribution in [-0.2, 0) is 19.1 Å². The molecule has 7 nitrogen and oxygen atoms in total. The number of rotatable bonds is 2. The number of methoxy groups -OCH3 is 1. The highest BCUT2D eigenvalue weighted by molar-refractivity contribution is 5.79. The fourth-order valence-electron chi connectivity index (χ4n) is 3.04. The first-order valence-corrected chi connectivity index (χ1v) is 9.01. The zero-order valence-electron chi connectivity index (χ0n) is 16.0. The molecule has 0 radical (unpaired) electrons. The van der Waals surface area contributed by atoms with E-state index in [0.29, 0.717) is 38.6 Å². The van der Waals surface area contributed by atoms with Gasteiger partial charge in [0.2, 0.25) is 5.91 Å². The Morgan fingerprint density at radius 2 is 1.44 bits per heavy atom. The molecular formula is C18H32N2O5. The van der Waals surface area contributed by atoms with Crippen molar-refractivity contribution in [1.29, 1.82) is 0 Å². The topological polar surface area (TPSA) is 76.2 Å². The second kappa shape index (κ2) is 10.3. The number of carbonyl (C=O) groups excluding carboxylic acids is 3. The van der Waals surface area contributed by atoms with Crippen molar-refractivity contribution in [2.24, 2.45) is 5.92 Å². The molecule has 0 aromatic rings. The summed E-state index contributed by atoms with van der Waals surface area (Å²) in [5.74, 6) is 0.505. The van der Waals surface area contributed by atoms with E-state index in [1.807, 2.05) is 25.7 Å². The van der Waals surface area contributed by atoms with Crippen LogP contribution >= 0.6 is 0 Å². The monoisotopic (exact) mass is 356 g/mol. The lowest BCUT2D eigenvalue weighted by Crippen LogP contribution is -2.52. The standard InChI is InChI=1S/C16H28N2O3.C2H4O2/c1-16(2,3)21-15(20)18-11-9-17(10-12-18)14(19)13-7-5-4-6-8-13;1-4-2-3/h13H,4-12H2,1-3H3;2H,1H3. The average molecular weight is 356 g/mol. The fourth-order valence-corrected chi connectivity index (χ4v) is 3.04. The molecule has 1 saturated heterocycles. The van der Waals surface area contributed by atoms with E-state index in [0.717, 1.165) is 12.8 Å². The Balaban J connectivity index is 0.000000705. The molecular weight excluding hydrogens is 324 g/mol. The highest BCUT2D eigenvalue weighted by Gasteiger charge is 2.31. The van der Waals surface area contributed by atoms with Crippen LogP contribution in [0.3, 0.4) is 0 Å². The lowest BCUT2D eigenvalue weighted by molar-refractivity contribution is -0.138. The Morgan fingerprint density at radius 3 is 1.88 bits per heavy atom. The minimum Gasteiger partial charge on any atom is -0.471 e. The van der Waals surface area contributed by atoms with Gasteiger partial charge in [-0.15, -0.1) is 0 Å². The maximum atomic E-state index is 12.4. The van der Waals surface area contributed by atoms with E-state index in [1.165, 1.54) is 26.4 Å². The van der Waals surface area contributed by atoms with E-state index < -0.39 is 5.60 Å². The molecule has 0 spiro atoms. The molecule has 25 heavy (non-hydrogen) atoms. The zero-order valence-corrected chi connectivity index (χ0v) is 16.0. The van der Waals surface area contributed by atoms with Crippen LogP contribution in [0, 0.1) is 5.92 Å². The van der Waals surface area contributed by atoms with Gasteiger partial charge < -0.3 is 19.3 Å². The minimum atomic E-state index is -0.466. The number of piperazine rings is 1. The van der Waals surface area contributed by atoms with Crippen LogP contribution in [0.25, 0.3) is 0 Å². The normalized spacial score (nSPS) is 18.7. The van der Waals surface area contributed by atoms with Crippen LogP contribution in [0.1, 0.15) is 52.9 Å². The van der Waals surface area contributed by atoms with Gasteiger partial charge in [0.25, 0.3) is 6.47 Å². The molecule has 1 saturated carbocycles. The molecule has 2 amide bonds. The quantitative estimate of drug-likeness (QED) is 0.710. The highest BCUT2D eigenvalue weighted by Crippen LogP contribution is 2.26. The summed E-state index contributed by atoms with van der Waals surface area (Å²) < 4.78 is 9.23. The molecule has 2 fully saturated rings. The van der Waals surface area contributed by atoms with Gasteiger partial charge in [-0.1, -0.05) is 19.3 Å². The second-order valence-electron chi connectivity index (χ2n) is 7.46. The highest BCUT2D eigenvalue weighted by atomic mass is 16.6. The zero-order chi connectivity index (χ0) is 18.9. The molecule has 0 aromatic heterocycles. The van der Waals surface area contributed by atoms with Gasteiger partial charge in [-0.3, -0.25) is 9.59 Å². The lowest BCUT2D eigenvalue weighted by Gasteiger charge is -2.37. The summed E-state index contributed by atoms with van der Waals surface area (Å²) in [5.41, 5.74) is -0.466. The van der Waals surface area contributed by atoms with Crippen molar-refractivity contribution in [2.75, 3.05) is 33.3 Å². The average Bonchev–Trinajstić information content (AvgIpc) is 2.61. The van der Waals surface area contributed by atoms with Gasteiger partial charge in [-0.25, -0.2) is 4.79 Å². The third-order valence-corrected chi connectivity index (χ3v) is 4.29. The van der Waals surface area contributed by atoms with Gasteiger partial charge >= 0.3 is 6.09 Å². The number of ether oxygens (including phenoxy) is 2. The Labute approximate surface area is 150 Å². The Hall–Kier alpha value is -1.79. The predicted molar refractivity (Wildman–Crippen MR) is 94.0 cm³/mol. The van der Waals surface area contributed by atoms with E-state index in [9.17, 15) is 9.59 Å². The van der Waals surface area contributed by atoms with E-state index in [2.05, 4.69) is 4.74 Å². The lowest BCUT2D eigenvalue weighted by atomic mass is 9.88. The smallest absolute Gasteiger partial charge is 0.410 e. The summed E-state index contributed by atoms with van der Waals surface area (Å²) in [6.45, 7) is 8.40. The first kappa shape index (κ1) is 21.3. The fraction of sp³-hybridized carbons (Fsp3) is 0.833. The molecule has 0 atom stereocenters. The molecule has 0 N–H and O–H groups in total. The molecule has 0 unspecified atom stereocenters. The second-order valence-corrected chi connectivity index (χ2v) is 7.46. The van der Waals surface area contributed by atoms with E-state index in [4.69, 9.17) is 9.53 Å². The number of hydrogen-bond acceptors (Lipinski definition) is 5. The molecule has 144 valence electrons. The summed E-state index contributed by atoms with van der Waals surface area (Å²) in [6, 6.07) is 0. The summed E-state index contributed by atoms with van der Waals surface area (Å²) in [5, 5.41) is 0. The SMILES string of the molecule is CC(C)(C)OC(=O)N1CCN(C(=O)C2CCCCC2)CC1.COC=O. The van der Waals surface area contributed by atoms with Crippen molar-refractivity contribution in [3.8, 4) is 0 Å². The van der Waals surface area contributed by atoms with Gasteiger partial charge in [0.15, 0.2) is 0 Å². The van der Waals surface area contributed by atoms with Gasteiger partial charge in [-0.2, -0.15) is 0 Å². The molecule has 1 heterocycles. The number of amides is 2. The maximum Gasteiger partial charge on any atom is 0.410 e. The first-order valence-electron chi connectivity index (χ1n) is 9.01. The van der Waals surface area contributed by atoms with Crippen molar-refractivity contribution < 1.29 is 23.9 Å². The first-order chi connectivity index (χ1) is 11.8. The Morgan fingerprint density at radius 1 is 0.960 bits per heavy atom. The van der Waals surface area contributed by atoms with Gasteiger partial charge in [0.05, 0.1) is 7.11 Å². The molecule has 2 rings (SSSR count). The number of nitrogens with zero attached hydrogens (tertiary/aromatic N) is 2. The third-order valence-electron chi connectivity index (χ3n) is 4.29. The van der Waals surface area contributed by atoms with Crippen LogP contribution < -0.4 is 0 Å². The van der Waals surface area contributed by atoms with Crippen molar-refractivity contribution in [3.05, 3.63) is 0 Å². The maximum absolute atomic E-state index is 12.4. The van der Waals surface area contributed by atoms with E-state index >= 15 is 0 Å². The van der Waals surface area contributed by atoms with Gasteiger partial charge in [-0.05, 0) is 33.6 Å². The van der Waals surface area contributed by atoms with Crippen molar-refractivity contribution in [3.63, 3.8) is 0 Å². The van der Waals surface area contributed by atoms with Crippen LogP contribution in [-0.4, -0.2) is 67.2 Å². The van der Waals surface area contributed by atoms with Gasteiger partial charge in [0.1, 0.15) is 5.60 Å². The summed E-state index contributed by atoms with van der Waals surface area (Å²) in [6.07, 6.45) is 5.40. The van der Waals surface area contributed by atoms with Crippen LogP contribution in [0.2, 0.25) is 0 Å². The predicted octanol–water partition coefficient (Wildman–Crippen LogP) is 2.44. The number of hydrogen-bond donors (Lipinski definition) is 0. The minimum absolute atomic E-state index is 0.215. The van der Waals surface area contributed by atoms with Crippen molar-refractivity contribution in [2.45, 2.75) is 58.5 Å². The summed E-state index contributed by atoms with van der Waals surface area (Å²) in [7, 11) is 1.31. The van der Waals surface area contributed by atoms with E-state index in [-0.39, 0.29) is 12.0 Å². The molecule has 2 aliphatic rings. The van der Waals surface area contributed by atoms with Crippen LogP contribution in [0.4, 0.5) is 4.79 Å². The molecule has 1 aliphatic heterocycles. The van der Waals surface area contributed by atoms with Crippen LogP contribution in [0.5, 0.6) is 0 Å². The van der Waals surface area contributed by atoms with Gasteiger partial charge in [0, 0.05) is 32.1 Å². The summed E-state index contributed by atoms with van der Waals surface area (Å²) in [4.78, 5) is 37.0. The Bertz CT molecular complexity index is 433. The third kappa shape index (κ3) is 7.75. The van der Waals surface area contributed by atoms with Crippen molar-refractivity contribution in [1.82, 2.24) is 9.80 Å². The largest absolute Gasteiger partial charge is 0.471 e. The van der Waals surface area contributed by atoms with Crippen LogP contribution in [0.15, 0.2) is 0 Å².